The maximum atomic E-state index is 11.6. The largest absolute Gasteiger partial charge is 0.490 e. The number of β-amino-alcohol motifs (C(OH)–C–C–N with tert-alkyl or cyclic N) is 1. The summed E-state index contributed by atoms with van der Waals surface area (Å²) >= 11 is 0. The molecule has 0 bridgehead atoms. The summed E-state index contributed by atoms with van der Waals surface area (Å²) in [6, 6.07) is 5.37. The monoisotopic (exact) mass is 315 g/mol. The van der Waals surface area contributed by atoms with Crippen molar-refractivity contribution in [2.45, 2.75) is 39.0 Å². The number of cyclic esters (lactones) is 1. The van der Waals surface area contributed by atoms with Crippen LogP contribution in [-0.2, 0) is 11.3 Å². The molecule has 1 atom stereocenters. The number of nitrogens with one attached hydrogen (secondary N) is 1. The van der Waals surface area contributed by atoms with Crippen LogP contribution in [0.2, 0.25) is 0 Å². The lowest BCUT2D eigenvalue weighted by atomic mass is 10.1. The third kappa shape index (κ3) is 4.88. The van der Waals surface area contributed by atoms with Crippen LogP contribution in [0.25, 0.3) is 0 Å². The van der Waals surface area contributed by atoms with Crippen LogP contribution in [0, 0.1) is 0 Å². The smallest absolute Gasteiger partial charge is 0.342 e. The first-order chi connectivity index (χ1) is 9.37. The molecule has 2 N–H and O–H groups in total. The summed E-state index contributed by atoms with van der Waals surface area (Å²) in [5.41, 5.74) is 1.25. The highest BCUT2D eigenvalue weighted by Crippen LogP contribution is 2.29. The molecule has 118 valence electrons. The van der Waals surface area contributed by atoms with Gasteiger partial charge in [-0.15, -0.1) is 12.4 Å². The lowest BCUT2D eigenvalue weighted by Gasteiger charge is -2.23. The van der Waals surface area contributed by atoms with Gasteiger partial charge < -0.3 is 19.9 Å². The molecule has 0 radical (unpaired) electrons. The average Bonchev–Trinajstić information content (AvgIpc) is 2.76. The second kappa shape index (κ2) is 7.11. The Bertz CT molecular complexity index is 499. The summed E-state index contributed by atoms with van der Waals surface area (Å²) in [6.07, 6.45) is -0.637. The fourth-order valence-electron chi connectivity index (χ4n) is 1.93. The number of hydrogen-bond donors (Lipinski definition) is 2. The molecule has 0 fully saturated rings. The predicted octanol–water partition coefficient (Wildman–Crippen LogP) is 1.91. The first-order valence-corrected chi connectivity index (χ1v) is 6.72. The number of benzene rings is 1. The summed E-state index contributed by atoms with van der Waals surface area (Å²) in [5.74, 6) is 0.109. The molecule has 6 heteroatoms. The standard InChI is InChI=1S/C15H21NO4.ClH/c1-15(2,3)16-7-11(17)9-19-12-6-4-5-10-8-20-14(18)13(10)12;/h4-6,11,16-17H,7-9H2,1-3H3;1H/t11-;/m1./s1. The van der Waals surface area contributed by atoms with E-state index >= 15 is 0 Å². The van der Waals surface area contributed by atoms with Crippen LogP contribution in [0.4, 0.5) is 0 Å². The van der Waals surface area contributed by atoms with Crippen molar-refractivity contribution in [1.29, 1.82) is 0 Å². The summed E-state index contributed by atoms with van der Waals surface area (Å²) in [7, 11) is 0. The normalized spacial score (nSPS) is 15.0. The third-order valence-corrected chi connectivity index (χ3v) is 2.97. The molecular weight excluding hydrogens is 294 g/mol. The number of carbonyl (C=O) groups excluding carboxylic acids is 1. The van der Waals surface area contributed by atoms with E-state index in [1.165, 1.54) is 0 Å². The molecule has 1 aliphatic rings. The van der Waals surface area contributed by atoms with Crippen LogP contribution >= 0.6 is 12.4 Å². The van der Waals surface area contributed by atoms with Crippen molar-refractivity contribution in [3.05, 3.63) is 29.3 Å². The molecule has 0 amide bonds. The van der Waals surface area contributed by atoms with Gasteiger partial charge >= 0.3 is 5.97 Å². The van der Waals surface area contributed by atoms with Crippen LogP contribution in [-0.4, -0.2) is 35.9 Å². The fraction of sp³-hybridized carbons (Fsp3) is 0.533. The number of ether oxygens (including phenoxy) is 2. The lowest BCUT2D eigenvalue weighted by molar-refractivity contribution is 0.0528. The van der Waals surface area contributed by atoms with Gasteiger partial charge in [0.1, 0.15) is 30.6 Å². The van der Waals surface area contributed by atoms with Crippen molar-refractivity contribution in [2.24, 2.45) is 0 Å². The topological polar surface area (TPSA) is 67.8 Å². The molecule has 1 aromatic carbocycles. The molecule has 0 aliphatic carbocycles. The Morgan fingerprint density at radius 1 is 1.43 bits per heavy atom. The Morgan fingerprint density at radius 2 is 2.14 bits per heavy atom. The average molecular weight is 316 g/mol. The SMILES string of the molecule is CC(C)(C)NC[C@@H](O)COc1cccc2c1C(=O)OC2.Cl. The van der Waals surface area contributed by atoms with E-state index in [1.54, 1.807) is 6.07 Å². The number of aliphatic hydroxyl groups is 1. The van der Waals surface area contributed by atoms with E-state index < -0.39 is 6.10 Å². The van der Waals surface area contributed by atoms with Crippen LogP contribution in [0.5, 0.6) is 5.75 Å². The van der Waals surface area contributed by atoms with Crippen LogP contribution in [0.1, 0.15) is 36.7 Å². The zero-order chi connectivity index (χ0) is 14.8. The Hall–Kier alpha value is -1.30. The minimum Gasteiger partial charge on any atom is -0.490 e. The van der Waals surface area contributed by atoms with Gasteiger partial charge in [0.15, 0.2) is 0 Å². The molecule has 21 heavy (non-hydrogen) atoms. The first-order valence-electron chi connectivity index (χ1n) is 6.72. The molecule has 2 rings (SSSR count). The second-order valence-electron chi connectivity index (χ2n) is 5.96. The van der Waals surface area contributed by atoms with Gasteiger partial charge in [-0.3, -0.25) is 0 Å². The Kier molecular flexibility index (Phi) is 6.01. The molecule has 1 aliphatic heterocycles. The number of aliphatic hydroxyl groups excluding tert-OH is 1. The van der Waals surface area contributed by atoms with Crippen molar-refractivity contribution >= 4 is 18.4 Å². The van der Waals surface area contributed by atoms with Crippen molar-refractivity contribution in [3.8, 4) is 5.75 Å². The number of esters is 1. The van der Waals surface area contributed by atoms with Gasteiger partial charge in [0.25, 0.3) is 0 Å². The van der Waals surface area contributed by atoms with Crippen molar-refractivity contribution in [3.63, 3.8) is 0 Å². The van der Waals surface area contributed by atoms with Gasteiger partial charge in [0.05, 0.1) is 0 Å². The van der Waals surface area contributed by atoms with E-state index in [1.807, 2.05) is 32.9 Å². The quantitative estimate of drug-likeness (QED) is 0.812. The summed E-state index contributed by atoms with van der Waals surface area (Å²) < 4.78 is 10.5. The number of rotatable bonds is 5. The number of halogens is 1. The highest BCUT2D eigenvalue weighted by Gasteiger charge is 2.25. The van der Waals surface area contributed by atoms with Gasteiger partial charge in [-0.1, -0.05) is 12.1 Å². The Labute approximate surface area is 131 Å². The molecule has 0 saturated heterocycles. The zero-order valence-electron chi connectivity index (χ0n) is 12.5. The summed E-state index contributed by atoms with van der Waals surface area (Å²) in [5, 5.41) is 13.1. The highest BCUT2D eigenvalue weighted by molar-refractivity contribution is 5.96. The van der Waals surface area contributed by atoms with Crippen LogP contribution in [0.15, 0.2) is 18.2 Å². The van der Waals surface area contributed by atoms with Gasteiger partial charge in [-0.25, -0.2) is 4.79 Å². The Morgan fingerprint density at radius 3 is 2.81 bits per heavy atom. The van der Waals surface area contributed by atoms with Gasteiger partial charge in [-0.05, 0) is 26.8 Å². The molecule has 0 spiro atoms. The fourth-order valence-corrected chi connectivity index (χ4v) is 1.93. The van der Waals surface area contributed by atoms with Gasteiger partial charge in [0.2, 0.25) is 0 Å². The van der Waals surface area contributed by atoms with E-state index in [0.717, 1.165) is 5.56 Å². The molecular formula is C15H22ClNO4. The van der Waals surface area contributed by atoms with E-state index in [4.69, 9.17) is 9.47 Å². The Balaban J connectivity index is 0.00000220. The second-order valence-corrected chi connectivity index (χ2v) is 5.96. The van der Waals surface area contributed by atoms with Gasteiger partial charge in [-0.2, -0.15) is 0 Å². The predicted molar refractivity (Wildman–Crippen MR) is 82.1 cm³/mol. The van der Waals surface area contributed by atoms with Crippen molar-refractivity contribution < 1.29 is 19.4 Å². The molecule has 0 saturated carbocycles. The molecule has 0 unspecified atom stereocenters. The summed E-state index contributed by atoms with van der Waals surface area (Å²) in [4.78, 5) is 11.6. The summed E-state index contributed by atoms with van der Waals surface area (Å²) in [6.45, 7) is 6.94. The van der Waals surface area contributed by atoms with E-state index in [0.29, 0.717) is 24.5 Å². The maximum Gasteiger partial charge on any atom is 0.342 e. The number of hydrogen-bond acceptors (Lipinski definition) is 5. The maximum absolute atomic E-state index is 11.6. The minimum absolute atomic E-state index is 0. The number of carbonyl (C=O) groups is 1. The third-order valence-electron chi connectivity index (χ3n) is 2.97. The number of fused-ring (bicyclic) bond motifs is 1. The molecule has 1 aromatic rings. The molecule has 1 heterocycles. The van der Waals surface area contributed by atoms with Crippen molar-refractivity contribution in [1.82, 2.24) is 5.32 Å². The zero-order valence-corrected chi connectivity index (χ0v) is 13.3. The van der Waals surface area contributed by atoms with E-state index in [2.05, 4.69) is 5.32 Å². The lowest BCUT2D eigenvalue weighted by Crippen LogP contribution is -2.42. The van der Waals surface area contributed by atoms with E-state index in [-0.39, 0.29) is 30.5 Å². The van der Waals surface area contributed by atoms with Crippen molar-refractivity contribution in [2.75, 3.05) is 13.2 Å². The van der Waals surface area contributed by atoms with Crippen LogP contribution < -0.4 is 10.1 Å². The first kappa shape index (κ1) is 17.8. The minimum atomic E-state index is -0.637. The van der Waals surface area contributed by atoms with Crippen LogP contribution in [0.3, 0.4) is 0 Å². The molecule has 0 aromatic heterocycles. The van der Waals surface area contributed by atoms with E-state index in [9.17, 15) is 9.90 Å². The molecule has 5 nitrogen and oxygen atoms in total. The highest BCUT2D eigenvalue weighted by atomic mass is 35.5. The van der Waals surface area contributed by atoms with Gasteiger partial charge in [0, 0.05) is 17.6 Å².